The van der Waals surface area contributed by atoms with Gasteiger partial charge < -0.3 is 14.6 Å². The van der Waals surface area contributed by atoms with Gasteiger partial charge in [0, 0.05) is 20.1 Å². The molecule has 0 aromatic heterocycles. The van der Waals surface area contributed by atoms with E-state index in [0.717, 1.165) is 12.0 Å². The summed E-state index contributed by atoms with van der Waals surface area (Å²) in [5, 5.41) is 9.94. The zero-order chi connectivity index (χ0) is 12.8. The van der Waals surface area contributed by atoms with Crippen molar-refractivity contribution in [2.45, 2.75) is 32.5 Å². The molecule has 1 rings (SSSR count). The molecule has 0 heterocycles. The lowest BCUT2D eigenvalue weighted by Crippen LogP contribution is -2.14. The summed E-state index contributed by atoms with van der Waals surface area (Å²) < 4.78 is 10.7. The number of aliphatic hydroxyl groups is 1. The van der Waals surface area contributed by atoms with Crippen LogP contribution in [0, 0.1) is 0 Å². The van der Waals surface area contributed by atoms with Gasteiger partial charge in [-0.2, -0.15) is 0 Å². The minimum atomic E-state index is -0.521. The van der Waals surface area contributed by atoms with Crippen LogP contribution >= 0.6 is 11.6 Å². The summed E-state index contributed by atoms with van der Waals surface area (Å²) in [5.41, 5.74) is 0.784. The molecule has 4 heteroatoms. The van der Waals surface area contributed by atoms with Crippen LogP contribution in [-0.4, -0.2) is 24.9 Å². The second kappa shape index (κ2) is 6.84. The Labute approximate surface area is 107 Å². The van der Waals surface area contributed by atoms with Crippen LogP contribution in [0.1, 0.15) is 31.9 Å². The first kappa shape index (κ1) is 14.3. The standard InChI is InChI=1S/C13H19ClO3/c1-9(6-7-16-3)17-13-5-4-11(10(2)15)8-12(13)14/h4-5,8-10,15H,6-7H2,1-3H3/t9?,10-/m1/s1. The van der Waals surface area contributed by atoms with E-state index in [1.165, 1.54) is 0 Å². The largest absolute Gasteiger partial charge is 0.489 e. The van der Waals surface area contributed by atoms with Gasteiger partial charge in [0.05, 0.1) is 17.2 Å². The fourth-order valence-corrected chi connectivity index (χ4v) is 1.67. The Morgan fingerprint density at radius 3 is 2.59 bits per heavy atom. The Balaban J connectivity index is 2.65. The molecule has 1 aromatic rings. The van der Waals surface area contributed by atoms with Gasteiger partial charge in [0.15, 0.2) is 0 Å². The third-order valence-electron chi connectivity index (χ3n) is 2.49. The minimum Gasteiger partial charge on any atom is -0.489 e. The van der Waals surface area contributed by atoms with Crippen LogP contribution in [0.5, 0.6) is 5.75 Å². The van der Waals surface area contributed by atoms with Gasteiger partial charge in [0.2, 0.25) is 0 Å². The fourth-order valence-electron chi connectivity index (χ4n) is 1.43. The predicted octanol–water partition coefficient (Wildman–Crippen LogP) is 3.20. The predicted molar refractivity (Wildman–Crippen MR) is 68.7 cm³/mol. The van der Waals surface area contributed by atoms with Crippen molar-refractivity contribution in [2.75, 3.05) is 13.7 Å². The van der Waals surface area contributed by atoms with Crippen molar-refractivity contribution in [3.8, 4) is 5.75 Å². The molecule has 0 saturated heterocycles. The number of rotatable bonds is 6. The topological polar surface area (TPSA) is 38.7 Å². The van der Waals surface area contributed by atoms with Gasteiger partial charge in [0.1, 0.15) is 5.75 Å². The number of ether oxygens (including phenoxy) is 2. The van der Waals surface area contributed by atoms with Gasteiger partial charge in [0.25, 0.3) is 0 Å². The summed E-state index contributed by atoms with van der Waals surface area (Å²) in [6, 6.07) is 5.33. The molecule has 0 aliphatic heterocycles. The first-order chi connectivity index (χ1) is 8.04. The van der Waals surface area contributed by atoms with E-state index in [2.05, 4.69) is 0 Å². The highest BCUT2D eigenvalue weighted by molar-refractivity contribution is 6.32. The maximum atomic E-state index is 9.42. The lowest BCUT2D eigenvalue weighted by atomic mass is 10.1. The van der Waals surface area contributed by atoms with Crippen LogP contribution < -0.4 is 4.74 Å². The van der Waals surface area contributed by atoms with Crippen molar-refractivity contribution in [3.63, 3.8) is 0 Å². The Morgan fingerprint density at radius 2 is 2.06 bits per heavy atom. The molecule has 0 bridgehead atoms. The van der Waals surface area contributed by atoms with Crippen LogP contribution in [0.2, 0.25) is 5.02 Å². The van der Waals surface area contributed by atoms with Crippen molar-refractivity contribution < 1.29 is 14.6 Å². The second-order valence-corrected chi connectivity index (χ2v) is 4.48. The number of benzene rings is 1. The fraction of sp³-hybridized carbons (Fsp3) is 0.538. The zero-order valence-electron chi connectivity index (χ0n) is 10.4. The molecule has 2 atom stereocenters. The highest BCUT2D eigenvalue weighted by Crippen LogP contribution is 2.28. The lowest BCUT2D eigenvalue weighted by Gasteiger charge is -2.16. The molecule has 0 aliphatic carbocycles. The van der Waals surface area contributed by atoms with Gasteiger partial charge >= 0.3 is 0 Å². The molecule has 0 saturated carbocycles. The van der Waals surface area contributed by atoms with Crippen molar-refractivity contribution in [1.29, 1.82) is 0 Å². The van der Waals surface area contributed by atoms with E-state index in [-0.39, 0.29) is 6.10 Å². The van der Waals surface area contributed by atoms with Crippen LogP contribution in [0.15, 0.2) is 18.2 Å². The molecule has 0 amide bonds. The maximum absolute atomic E-state index is 9.42. The quantitative estimate of drug-likeness (QED) is 0.852. The SMILES string of the molecule is COCCC(C)Oc1ccc([C@@H](C)O)cc1Cl. The maximum Gasteiger partial charge on any atom is 0.138 e. The van der Waals surface area contributed by atoms with Gasteiger partial charge in [-0.15, -0.1) is 0 Å². The van der Waals surface area contributed by atoms with Gasteiger partial charge in [-0.3, -0.25) is 0 Å². The molecular weight excluding hydrogens is 240 g/mol. The zero-order valence-corrected chi connectivity index (χ0v) is 11.2. The van der Waals surface area contributed by atoms with E-state index in [0.29, 0.717) is 17.4 Å². The molecule has 0 spiro atoms. The van der Waals surface area contributed by atoms with E-state index < -0.39 is 6.10 Å². The van der Waals surface area contributed by atoms with Gasteiger partial charge in [-0.05, 0) is 31.5 Å². The first-order valence-electron chi connectivity index (χ1n) is 5.67. The van der Waals surface area contributed by atoms with E-state index in [9.17, 15) is 5.11 Å². The summed E-state index contributed by atoms with van der Waals surface area (Å²) >= 11 is 6.08. The van der Waals surface area contributed by atoms with E-state index in [1.54, 1.807) is 26.2 Å². The normalized spacial score (nSPS) is 14.4. The summed E-state index contributed by atoms with van der Waals surface area (Å²) in [5.74, 6) is 0.639. The van der Waals surface area contributed by atoms with Crippen LogP contribution in [0.4, 0.5) is 0 Å². The molecule has 1 N–H and O–H groups in total. The Hall–Kier alpha value is -0.770. The lowest BCUT2D eigenvalue weighted by molar-refractivity contribution is 0.135. The van der Waals surface area contributed by atoms with Crippen molar-refractivity contribution >= 4 is 11.6 Å². The van der Waals surface area contributed by atoms with E-state index >= 15 is 0 Å². The first-order valence-corrected chi connectivity index (χ1v) is 6.05. The highest BCUT2D eigenvalue weighted by atomic mass is 35.5. The molecule has 0 fully saturated rings. The van der Waals surface area contributed by atoms with Crippen molar-refractivity contribution in [2.24, 2.45) is 0 Å². The van der Waals surface area contributed by atoms with Gasteiger partial charge in [-0.25, -0.2) is 0 Å². The van der Waals surface area contributed by atoms with Crippen molar-refractivity contribution in [1.82, 2.24) is 0 Å². The van der Waals surface area contributed by atoms with E-state index in [4.69, 9.17) is 21.1 Å². The summed E-state index contributed by atoms with van der Waals surface area (Å²) in [4.78, 5) is 0. The molecule has 0 aliphatic rings. The average Bonchev–Trinajstić information content (AvgIpc) is 2.28. The average molecular weight is 259 g/mol. The van der Waals surface area contributed by atoms with Crippen LogP contribution in [0.3, 0.4) is 0 Å². The van der Waals surface area contributed by atoms with Crippen LogP contribution in [-0.2, 0) is 4.74 Å². The summed E-state index contributed by atoms with van der Waals surface area (Å²) in [6.07, 6.45) is 0.336. The molecule has 96 valence electrons. The van der Waals surface area contributed by atoms with E-state index in [1.807, 2.05) is 13.0 Å². The summed E-state index contributed by atoms with van der Waals surface area (Å²) in [6.45, 7) is 4.33. The number of hydrogen-bond acceptors (Lipinski definition) is 3. The molecule has 1 aromatic carbocycles. The Bertz CT molecular complexity index is 353. The third-order valence-corrected chi connectivity index (χ3v) is 2.79. The second-order valence-electron chi connectivity index (χ2n) is 4.08. The Kier molecular flexibility index (Phi) is 5.75. The molecule has 17 heavy (non-hydrogen) atoms. The smallest absolute Gasteiger partial charge is 0.138 e. The number of methoxy groups -OCH3 is 1. The molecule has 3 nitrogen and oxygen atoms in total. The number of halogens is 1. The number of aliphatic hydroxyl groups excluding tert-OH is 1. The molecular formula is C13H19ClO3. The molecule has 0 radical (unpaired) electrons. The summed E-state index contributed by atoms with van der Waals surface area (Å²) in [7, 11) is 1.66. The Morgan fingerprint density at radius 1 is 1.35 bits per heavy atom. The van der Waals surface area contributed by atoms with Crippen LogP contribution in [0.25, 0.3) is 0 Å². The minimum absolute atomic E-state index is 0.0462. The third kappa shape index (κ3) is 4.54. The monoisotopic (exact) mass is 258 g/mol. The van der Waals surface area contributed by atoms with Gasteiger partial charge in [-0.1, -0.05) is 17.7 Å². The van der Waals surface area contributed by atoms with Crippen molar-refractivity contribution in [3.05, 3.63) is 28.8 Å². The highest BCUT2D eigenvalue weighted by Gasteiger charge is 2.09. The number of hydrogen-bond donors (Lipinski definition) is 1. The molecule has 1 unspecified atom stereocenters.